The fourth-order valence-electron chi connectivity index (χ4n) is 4.42. The van der Waals surface area contributed by atoms with Crippen LogP contribution in [0.25, 0.3) is 11.4 Å². The summed E-state index contributed by atoms with van der Waals surface area (Å²) in [7, 11) is 1.56. The zero-order valence-corrected chi connectivity index (χ0v) is 20.2. The van der Waals surface area contributed by atoms with Crippen LogP contribution in [0.2, 0.25) is 0 Å². The Morgan fingerprint density at radius 2 is 1.95 bits per heavy atom. The maximum atomic E-state index is 13.6. The van der Waals surface area contributed by atoms with E-state index in [1.165, 1.54) is 33.9 Å². The summed E-state index contributed by atoms with van der Waals surface area (Å²) < 4.78 is 33.7. The van der Waals surface area contributed by atoms with E-state index in [1.807, 2.05) is 12.1 Å². The van der Waals surface area contributed by atoms with Gasteiger partial charge in [0.1, 0.15) is 36.3 Å². The summed E-state index contributed by atoms with van der Waals surface area (Å²) in [5, 5.41) is 4.52. The van der Waals surface area contributed by atoms with Crippen LogP contribution >= 0.6 is 0 Å². The number of halogens is 2. The highest BCUT2D eigenvalue weighted by Crippen LogP contribution is 2.28. The van der Waals surface area contributed by atoms with Crippen LogP contribution in [0.4, 0.5) is 14.5 Å². The van der Waals surface area contributed by atoms with Gasteiger partial charge in [-0.3, -0.25) is 9.59 Å². The first-order valence-corrected chi connectivity index (χ1v) is 11.9. The zero-order chi connectivity index (χ0) is 25.9. The molecule has 1 atom stereocenters. The zero-order valence-electron chi connectivity index (χ0n) is 20.2. The highest BCUT2D eigenvalue weighted by molar-refractivity contribution is 5.98. The van der Waals surface area contributed by atoms with E-state index in [-0.39, 0.29) is 42.5 Å². The van der Waals surface area contributed by atoms with Crippen molar-refractivity contribution in [1.82, 2.24) is 19.7 Å². The van der Waals surface area contributed by atoms with E-state index in [0.717, 1.165) is 0 Å². The molecule has 0 bridgehead atoms. The summed E-state index contributed by atoms with van der Waals surface area (Å²) in [6.07, 6.45) is 4.88. The maximum Gasteiger partial charge on any atom is 0.246 e. The smallest absolute Gasteiger partial charge is 0.246 e. The molecular weight excluding hydrogens is 480 g/mol. The minimum Gasteiger partial charge on any atom is -0.497 e. The van der Waals surface area contributed by atoms with Crippen molar-refractivity contribution in [1.29, 1.82) is 0 Å². The molecule has 5 rings (SSSR count). The van der Waals surface area contributed by atoms with Gasteiger partial charge in [0.25, 0.3) is 0 Å². The molecule has 1 aromatic heterocycles. The van der Waals surface area contributed by atoms with Crippen LogP contribution in [0.3, 0.4) is 0 Å². The molecule has 0 radical (unpaired) electrons. The standard InChI is InChI=1S/C27H25F2N5O3/c1-37-23-4-2-3-22(15-23)33-14-13-32(16-25(33)36)24(35)17-34-27(19-7-11-21(29)12-8-19)30-26(31-34)18-5-9-20(28)10-6-18/h2-7,9-12,15,19H,8,13-14,16-17H2,1H3. The number of hydrogen-bond donors (Lipinski definition) is 0. The Kier molecular flexibility index (Phi) is 6.80. The fraction of sp³-hybridized carbons (Fsp3) is 0.259. The van der Waals surface area contributed by atoms with E-state index in [0.29, 0.717) is 48.2 Å². The van der Waals surface area contributed by atoms with Gasteiger partial charge in [-0.2, -0.15) is 5.10 Å². The van der Waals surface area contributed by atoms with Gasteiger partial charge in [-0.25, -0.2) is 18.4 Å². The first kappa shape index (κ1) is 24.4. The first-order valence-electron chi connectivity index (χ1n) is 11.9. The van der Waals surface area contributed by atoms with Crippen molar-refractivity contribution in [2.24, 2.45) is 0 Å². The minimum atomic E-state index is -0.382. The molecular formula is C27H25F2N5O3. The lowest BCUT2D eigenvalue weighted by atomic mass is 9.99. The number of anilines is 1. The second-order valence-corrected chi connectivity index (χ2v) is 8.81. The summed E-state index contributed by atoms with van der Waals surface area (Å²) in [5.74, 6) is 0.00820. The lowest BCUT2D eigenvalue weighted by Gasteiger charge is -2.34. The largest absolute Gasteiger partial charge is 0.497 e. The van der Waals surface area contributed by atoms with Gasteiger partial charge < -0.3 is 14.5 Å². The number of rotatable bonds is 6. The fourth-order valence-corrected chi connectivity index (χ4v) is 4.42. The number of ether oxygens (including phenoxy) is 1. The van der Waals surface area contributed by atoms with Crippen molar-refractivity contribution in [2.75, 3.05) is 31.6 Å². The Bertz CT molecular complexity index is 1380. The predicted molar refractivity (Wildman–Crippen MR) is 133 cm³/mol. The molecule has 10 heteroatoms. The van der Waals surface area contributed by atoms with Crippen LogP contribution in [-0.4, -0.2) is 58.2 Å². The molecule has 0 spiro atoms. The van der Waals surface area contributed by atoms with Crippen LogP contribution < -0.4 is 9.64 Å². The third-order valence-electron chi connectivity index (χ3n) is 6.41. The Labute approximate surface area is 212 Å². The lowest BCUT2D eigenvalue weighted by molar-refractivity contribution is -0.137. The Balaban J connectivity index is 1.34. The summed E-state index contributed by atoms with van der Waals surface area (Å²) in [5.41, 5.74) is 1.31. The summed E-state index contributed by atoms with van der Waals surface area (Å²) in [6.45, 7) is 0.501. The number of amides is 2. The Hall–Kier alpha value is -4.34. The van der Waals surface area contributed by atoms with Crippen LogP contribution in [0.1, 0.15) is 18.2 Å². The highest BCUT2D eigenvalue weighted by atomic mass is 19.1. The van der Waals surface area contributed by atoms with Crippen molar-refractivity contribution < 1.29 is 23.1 Å². The Morgan fingerprint density at radius 1 is 1.14 bits per heavy atom. The van der Waals surface area contributed by atoms with Gasteiger partial charge in [0.15, 0.2) is 5.82 Å². The quantitative estimate of drug-likeness (QED) is 0.508. The number of piperazine rings is 1. The minimum absolute atomic E-state index is 0.0673. The number of carbonyl (C=O) groups excluding carboxylic acids is 2. The van der Waals surface area contributed by atoms with E-state index < -0.39 is 0 Å². The van der Waals surface area contributed by atoms with E-state index >= 15 is 0 Å². The van der Waals surface area contributed by atoms with E-state index in [4.69, 9.17) is 4.74 Å². The molecule has 190 valence electrons. The van der Waals surface area contributed by atoms with Crippen molar-refractivity contribution in [2.45, 2.75) is 18.9 Å². The topological polar surface area (TPSA) is 80.6 Å². The number of benzene rings is 2. The van der Waals surface area contributed by atoms with Crippen LogP contribution in [0.15, 0.2) is 72.6 Å². The molecule has 2 amide bonds. The van der Waals surface area contributed by atoms with E-state index in [9.17, 15) is 18.4 Å². The second-order valence-electron chi connectivity index (χ2n) is 8.81. The number of aromatic nitrogens is 3. The molecule has 1 fully saturated rings. The predicted octanol–water partition coefficient (Wildman–Crippen LogP) is 3.87. The average molecular weight is 506 g/mol. The molecule has 0 saturated carbocycles. The van der Waals surface area contributed by atoms with Crippen molar-refractivity contribution in [3.63, 3.8) is 0 Å². The molecule has 1 unspecified atom stereocenters. The molecule has 2 aromatic carbocycles. The van der Waals surface area contributed by atoms with Crippen LogP contribution in [0, 0.1) is 5.82 Å². The first-order chi connectivity index (χ1) is 17.9. The van der Waals surface area contributed by atoms with Gasteiger partial charge in [0, 0.05) is 36.3 Å². The van der Waals surface area contributed by atoms with Crippen LogP contribution in [0.5, 0.6) is 5.75 Å². The number of hydrogen-bond acceptors (Lipinski definition) is 5. The van der Waals surface area contributed by atoms with Gasteiger partial charge in [0.2, 0.25) is 11.8 Å². The molecule has 1 aliphatic carbocycles. The van der Waals surface area contributed by atoms with Gasteiger partial charge in [-0.1, -0.05) is 12.1 Å². The number of carbonyl (C=O) groups is 2. The third-order valence-corrected chi connectivity index (χ3v) is 6.41. The maximum absolute atomic E-state index is 13.6. The van der Waals surface area contributed by atoms with Crippen molar-refractivity contribution in [3.05, 3.63) is 84.2 Å². The Morgan fingerprint density at radius 3 is 2.65 bits per heavy atom. The SMILES string of the molecule is COc1cccc(N2CCN(C(=O)Cn3nc(-c4ccc(F)cc4)nc3C3C=CC(F)=CC3)CC2=O)c1. The number of methoxy groups -OCH3 is 1. The third kappa shape index (κ3) is 5.28. The highest BCUT2D eigenvalue weighted by Gasteiger charge is 2.30. The molecule has 1 saturated heterocycles. The number of allylic oxidation sites excluding steroid dienone is 4. The molecule has 0 N–H and O–H groups in total. The molecule has 2 heterocycles. The van der Waals surface area contributed by atoms with Gasteiger partial charge >= 0.3 is 0 Å². The summed E-state index contributed by atoms with van der Waals surface area (Å²) in [6, 6.07) is 13.0. The van der Waals surface area contributed by atoms with E-state index in [2.05, 4.69) is 10.1 Å². The summed E-state index contributed by atoms with van der Waals surface area (Å²) in [4.78, 5) is 33.9. The second kappa shape index (κ2) is 10.3. The molecule has 2 aliphatic rings. The van der Waals surface area contributed by atoms with Gasteiger partial charge in [0.05, 0.1) is 7.11 Å². The summed E-state index contributed by atoms with van der Waals surface area (Å²) >= 11 is 0. The average Bonchev–Trinajstić information content (AvgIpc) is 3.33. The van der Waals surface area contributed by atoms with Gasteiger partial charge in [-0.15, -0.1) is 0 Å². The van der Waals surface area contributed by atoms with Crippen molar-refractivity contribution >= 4 is 17.5 Å². The number of nitrogens with zero attached hydrogens (tertiary/aromatic N) is 5. The molecule has 1 aliphatic heterocycles. The van der Waals surface area contributed by atoms with Crippen LogP contribution in [-0.2, 0) is 16.1 Å². The van der Waals surface area contributed by atoms with E-state index in [1.54, 1.807) is 42.4 Å². The molecule has 37 heavy (non-hydrogen) atoms. The monoisotopic (exact) mass is 505 g/mol. The molecule has 8 nitrogen and oxygen atoms in total. The van der Waals surface area contributed by atoms with Crippen molar-refractivity contribution in [3.8, 4) is 17.1 Å². The lowest BCUT2D eigenvalue weighted by Crippen LogP contribution is -2.53. The van der Waals surface area contributed by atoms with Gasteiger partial charge in [-0.05, 0) is 55.0 Å². The normalized spacial score (nSPS) is 17.6. The molecule has 3 aromatic rings.